The van der Waals surface area contributed by atoms with Crippen LogP contribution in [-0.2, 0) is 0 Å². The second-order valence-corrected chi connectivity index (χ2v) is 7.55. The van der Waals surface area contributed by atoms with E-state index in [1.165, 1.54) is 12.8 Å². The number of halogens is 2. The number of anilines is 1. The Kier molecular flexibility index (Phi) is 4.34. The van der Waals surface area contributed by atoms with E-state index >= 15 is 0 Å². The molecular weight excluding hydrogens is 355 g/mol. The SMILES string of the molecule is Cc1nc(-c2cccc(Cl)c2Cl)n2ccnc(N3CCC(C)CC3)c12. The van der Waals surface area contributed by atoms with E-state index in [9.17, 15) is 0 Å². The second-order valence-electron chi connectivity index (χ2n) is 6.76. The van der Waals surface area contributed by atoms with Crippen molar-refractivity contribution >= 4 is 34.5 Å². The van der Waals surface area contributed by atoms with Crippen LogP contribution in [0.4, 0.5) is 5.82 Å². The number of rotatable bonds is 2. The second kappa shape index (κ2) is 6.50. The van der Waals surface area contributed by atoms with Gasteiger partial charge >= 0.3 is 0 Å². The number of aryl methyl sites for hydroxylation is 1. The number of benzene rings is 1. The predicted octanol–water partition coefficient (Wildman–Crippen LogP) is 5.25. The lowest BCUT2D eigenvalue weighted by molar-refractivity contribution is 0.437. The highest BCUT2D eigenvalue weighted by Gasteiger charge is 2.22. The van der Waals surface area contributed by atoms with Crippen LogP contribution in [0.1, 0.15) is 25.5 Å². The van der Waals surface area contributed by atoms with Crippen molar-refractivity contribution in [2.45, 2.75) is 26.7 Å². The van der Waals surface area contributed by atoms with Crippen molar-refractivity contribution in [2.24, 2.45) is 5.92 Å². The molecule has 0 unspecified atom stereocenters. The van der Waals surface area contributed by atoms with Crippen LogP contribution in [0.5, 0.6) is 0 Å². The Morgan fingerprint density at radius 3 is 2.68 bits per heavy atom. The Labute approximate surface area is 157 Å². The molecule has 4 nitrogen and oxygen atoms in total. The third-order valence-electron chi connectivity index (χ3n) is 4.99. The van der Waals surface area contributed by atoms with E-state index in [0.29, 0.717) is 10.0 Å². The minimum atomic E-state index is 0.529. The summed E-state index contributed by atoms with van der Waals surface area (Å²) in [5.74, 6) is 2.58. The van der Waals surface area contributed by atoms with Crippen molar-refractivity contribution in [3.63, 3.8) is 0 Å². The molecule has 0 spiro atoms. The van der Waals surface area contributed by atoms with Gasteiger partial charge in [0.25, 0.3) is 0 Å². The molecule has 0 radical (unpaired) electrons. The standard InChI is InChI=1S/C19H20Cl2N4/c1-12-6-9-24(10-7-12)19-17-13(2)23-18(25(17)11-8-22-19)14-4-3-5-15(20)16(14)21/h3-5,8,11-12H,6-7,9-10H2,1-2H3. The van der Waals surface area contributed by atoms with Gasteiger partial charge < -0.3 is 4.90 Å². The highest BCUT2D eigenvalue weighted by Crippen LogP contribution is 2.35. The van der Waals surface area contributed by atoms with Crippen LogP contribution in [0.15, 0.2) is 30.6 Å². The largest absolute Gasteiger partial charge is 0.355 e. The van der Waals surface area contributed by atoms with E-state index in [2.05, 4.69) is 21.2 Å². The lowest BCUT2D eigenvalue weighted by Crippen LogP contribution is -2.33. The van der Waals surface area contributed by atoms with Gasteiger partial charge in [0.2, 0.25) is 0 Å². The summed E-state index contributed by atoms with van der Waals surface area (Å²) < 4.78 is 2.08. The number of piperidine rings is 1. The predicted molar refractivity (Wildman–Crippen MR) is 104 cm³/mol. The molecule has 130 valence electrons. The summed E-state index contributed by atoms with van der Waals surface area (Å²) in [7, 11) is 0. The maximum Gasteiger partial charge on any atom is 0.154 e. The first-order valence-corrected chi connectivity index (χ1v) is 9.35. The fourth-order valence-electron chi connectivity index (χ4n) is 3.51. The summed E-state index contributed by atoms with van der Waals surface area (Å²) in [5.41, 5.74) is 2.83. The van der Waals surface area contributed by atoms with Gasteiger partial charge in [0.15, 0.2) is 5.82 Å². The van der Waals surface area contributed by atoms with Crippen LogP contribution in [0, 0.1) is 12.8 Å². The van der Waals surface area contributed by atoms with Gasteiger partial charge in [0.05, 0.1) is 15.7 Å². The third-order valence-corrected chi connectivity index (χ3v) is 5.80. The van der Waals surface area contributed by atoms with Crippen molar-refractivity contribution in [3.8, 4) is 11.4 Å². The van der Waals surface area contributed by atoms with E-state index in [1.54, 1.807) is 6.07 Å². The van der Waals surface area contributed by atoms with Crippen LogP contribution in [0.3, 0.4) is 0 Å². The van der Waals surface area contributed by atoms with Crippen molar-refractivity contribution in [2.75, 3.05) is 18.0 Å². The Balaban J connectivity index is 1.87. The topological polar surface area (TPSA) is 33.4 Å². The summed E-state index contributed by atoms with van der Waals surface area (Å²) in [6.45, 7) is 6.40. The minimum absolute atomic E-state index is 0.529. The average Bonchev–Trinajstić information content (AvgIpc) is 2.95. The first-order valence-electron chi connectivity index (χ1n) is 8.59. The maximum absolute atomic E-state index is 6.43. The van der Waals surface area contributed by atoms with Gasteiger partial charge in [-0.25, -0.2) is 9.97 Å². The van der Waals surface area contributed by atoms with E-state index < -0.39 is 0 Å². The summed E-state index contributed by atoms with van der Waals surface area (Å²) in [6, 6.07) is 5.64. The quantitative estimate of drug-likeness (QED) is 0.614. The fraction of sp³-hybridized carbons (Fsp3) is 0.368. The summed E-state index contributed by atoms with van der Waals surface area (Å²) >= 11 is 12.6. The molecule has 0 bridgehead atoms. The maximum atomic E-state index is 6.43. The number of imidazole rings is 1. The molecule has 0 amide bonds. The Hall–Kier alpha value is -1.78. The van der Waals surface area contributed by atoms with E-state index in [-0.39, 0.29) is 0 Å². The molecule has 25 heavy (non-hydrogen) atoms. The zero-order chi connectivity index (χ0) is 17.6. The number of nitrogens with zero attached hydrogens (tertiary/aromatic N) is 4. The molecule has 1 aliphatic heterocycles. The van der Waals surface area contributed by atoms with Gasteiger partial charge in [0, 0.05) is 31.0 Å². The van der Waals surface area contributed by atoms with Gasteiger partial charge in [-0.3, -0.25) is 4.40 Å². The van der Waals surface area contributed by atoms with E-state index in [4.69, 9.17) is 28.2 Å². The average molecular weight is 375 g/mol. The molecular formula is C19H20Cl2N4. The van der Waals surface area contributed by atoms with Gasteiger partial charge in [-0.1, -0.05) is 36.2 Å². The summed E-state index contributed by atoms with van der Waals surface area (Å²) in [4.78, 5) is 11.8. The first-order chi connectivity index (χ1) is 12.1. The molecule has 3 heterocycles. The van der Waals surface area contributed by atoms with Crippen molar-refractivity contribution < 1.29 is 0 Å². The zero-order valence-electron chi connectivity index (χ0n) is 14.3. The summed E-state index contributed by atoms with van der Waals surface area (Å²) in [6.07, 6.45) is 6.17. The van der Waals surface area contributed by atoms with Crippen LogP contribution in [0.2, 0.25) is 10.0 Å². The third kappa shape index (κ3) is 2.87. The van der Waals surface area contributed by atoms with Crippen molar-refractivity contribution in [1.82, 2.24) is 14.4 Å². The van der Waals surface area contributed by atoms with E-state index in [0.717, 1.165) is 47.4 Å². The van der Waals surface area contributed by atoms with Crippen LogP contribution < -0.4 is 4.90 Å². The lowest BCUT2D eigenvalue weighted by Gasteiger charge is -2.31. The number of hydrogen-bond donors (Lipinski definition) is 0. The van der Waals surface area contributed by atoms with E-state index in [1.807, 2.05) is 31.5 Å². The molecule has 1 saturated heterocycles. The smallest absolute Gasteiger partial charge is 0.154 e. The molecule has 1 aromatic carbocycles. The minimum Gasteiger partial charge on any atom is -0.355 e. The fourth-order valence-corrected chi connectivity index (χ4v) is 3.90. The molecule has 0 N–H and O–H groups in total. The molecule has 0 atom stereocenters. The molecule has 2 aromatic heterocycles. The molecule has 6 heteroatoms. The first kappa shape index (κ1) is 16.7. The Bertz CT molecular complexity index is 927. The van der Waals surface area contributed by atoms with Crippen LogP contribution >= 0.6 is 23.2 Å². The van der Waals surface area contributed by atoms with Gasteiger partial charge in [-0.2, -0.15) is 0 Å². The number of fused-ring (bicyclic) bond motifs is 1. The number of aromatic nitrogens is 3. The normalized spacial score (nSPS) is 15.9. The molecule has 0 aliphatic carbocycles. The molecule has 4 rings (SSSR count). The van der Waals surface area contributed by atoms with Crippen LogP contribution in [0.25, 0.3) is 16.9 Å². The van der Waals surface area contributed by atoms with Gasteiger partial charge in [-0.05, 0) is 37.8 Å². The lowest BCUT2D eigenvalue weighted by atomic mass is 9.99. The zero-order valence-corrected chi connectivity index (χ0v) is 15.8. The molecule has 3 aromatic rings. The Morgan fingerprint density at radius 2 is 1.92 bits per heavy atom. The monoisotopic (exact) mass is 374 g/mol. The highest BCUT2D eigenvalue weighted by atomic mass is 35.5. The van der Waals surface area contributed by atoms with Crippen LogP contribution in [-0.4, -0.2) is 27.5 Å². The Morgan fingerprint density at radius 1 is 1.16 bits per heavy atom. The molecule has 0 saturated carbocycles. The molecule has 1 aliphatic rings. The van der Waals surface area contributed by atoms with Gasteiger partial charge in [-0.15, -0.1) is 0 Å². The van der Waals surface area contributed by atoms with Crippen molar-refractivity contribution in [3.05, 3.63) is 46.3 Å². The van der Waals surface area contributed by atoms with Gasteiger partial charge in [0.1, 0.15) is 11.3 Å². The summed E-state index contributed by atoms with van der Waals surface area (Å²) in [5, 5.41) is 1.06. The highest BCUT2D eigenvalue weighted by molar-refractivity contribution is 6.43. The van der Waals surface area contributed by atoms with Crippen molar-refractivity contribution in [1.29, 1.82) is 0 Å². The molecule has 1 fully saturated rings. The number of hydrogen-bond acceptors (Lipinski definition) is 3.